The van der Waals surface area contributed by atoms with Crippen LogP contribution in [0.4, 0.5) is 0 Å². The number of carbonyl (C=O) groups is 1. The molecular formula is C21H28Cl2N2O3S. The second-order valence-corrected chi connectivity index (χ2v) is 13.3. The van der Waals surface area contributed by atoms with E-state index in [1.54, 1.807) is 0 Å². The molecule has 4 bridgehead atoms. The van der Waals surface area contributed by atoms with E-state index < -0.39 is 10.0 Å². The van der Waals surface area contributed by atoms with Gasteiger partial charge in [-0.3, -0.25) is 4.79 Å². The maximum atomic E-state index is 13.3. The summed E-state index contributed by atoms with van der Waals surface area (Å²) in [6, 6.07) is 2.65. The molecule has 5 rings (SSSR count). The van der Waals surface area contributed by atoms with Gasteiger partial charge in [0.2, 0.25) is 10.0 Å². The lowest BCUT2D eigenvalue weighted by atomic mass is 9.43. The standard InChI is InChI=1S/C21H28Cl2N2O3S/c1-19-7-13-8-20(2,10-19)12-21(9-13,11-19)24-18(26)14-5-17(16(23)6-15(14)22)29(27,28)25(3)4/h5-6,13H,7-12H2,1-4H3,(H,24,26)/t13?,19-,20-,21?/m0/s1. The molecule has 1 amide bonds. The number of halogens is 2. The van der Waals surface area contributed by atoms with E-state index in [0.29, 0.717) is 5.92 Å². The molecule has 0 saturated heterocycles. The Bertz CT molecular complexity index is 974. The van der Waals surface area contributed by atoms with E-state index in [4.69, 9.17) is 23.2 Å². The van der Waals surface area contributed by atoms with Crippen molar-refractivity contribution in [1.29, 1.82) is 0 Å². The lowest BCUT2D eigenvalue weighted by Crippen LogP contribution is -2.65. The topological polar surface area (TPSA) is 66.5 Å². The maximum Gasteiger partial charge on any atom is 0.253 e. The molecule has 0 radical (unpaired) electrons. The van der Waals surface area contributed by atoms with E-state index in [2.05, 4.69) is 19.2 Å². The second kappa shape index (κ2) is 6.59. The quantitative estimate of drug-likeness (QED) is 0.709. The van der Waals surface area contributed by atoms with E-state index in [0.717, 1.165) is 23.6 Å². The molecule has 1 N–H and O–H groups in total. The highest BCUT2D eigenvalue weighted by Gasteiger charge is 2.60. The molecule has 0 aliphatic heterocycles. The average molecular weight is 459 g/mol. The third-order valence-electron chi connectivity index (χ3n) is 7.03. The van der Waals surface area contributed by atoms with Gasteiger partial charge in [0.05, 0.1) is 15.6 Å². The number of hydrogen-bond donors (Lipinski definition) is 1. The fourth-order valence-electron chi connectivity index (χ4n) is 6.99. The first-order chi connectivity index (χ1) is 13.3. The smallest absolute Gasteiger partial charge is 0.253 e. The van der Waals surface area contributed by atoms with Gasteiger partial charge in [0.25, 0.3) is 5.91 Å². The van der Waals surface area contributed by atoms with Crippen molar-refractivity contribution in [2.45, 2.75) is 62.8 Å². The molecule has 0 spiro atoms. The number of nitrogens with zero attached hydrogens (tertiary/aromatic N) is 1. The number of nitrogens with one attached hydrogen (secondary N) is 1. The van der Waals surface area contributed by atoms with Crippen LogP contribution in [0.1, 0.15) is 62.7 Å². The molecule has 8 heteroatoms. The molecular weight excluding hydrogens is 431 g/mol. The number of rotatable bonds is 4. The van der Waals surface area contributed by atoms with Gasteiger partial charge in [0, 0.05) is 19.6 Å². The lowest BCUT2D eigenvalue weighted by molar-refractivity contribution is -0.114. The van der Waals surface area contributed by atoms with E-state index in [9.17, 15) is 13.2 Å². The monoisotopic (exact) mass is 458 g/mol. The third-order valence-corrected chi connectivity index (χ3v) is 9.62. The summed E-state index contributed by atoms with van der Waals surface area (Å²) in [6.07, 6.45) is 6.58. The number of carbonyl (C=O) groups excluding carboxylic acids is 1. The molecule has 5 nitrogen and oxygen atoms in total. The third kappa shape index (κ3) is 3.60. The minimum Gasteiger partial charge on any atom is -0.347 e. The summed E-state index contributed by atoms with van der Waals surface area (Å²) in [4.78, 5) is 13.2. The highest BCUT2D eigenvalue weighted by atomic mass is 35.5. The SMILES string of the molecule is CN(C)S(=O)(=O)c1cc(C(=O)NC23CC4C[C@](C)(C2)C[C@](C)(C4)C3)c(Cl)cc1Cl. The van der Waals surface area contributed by atoms with Crippen LogP contribution < -0.4 is 5.32 Å². The Balaban J connectivity index is 1.68. The Morgan fingerprint density at radius 2 is 1.62 bits per heavy atom. The van der Waals surface area contributed by atoms with Crippen molar-refractivity contribution in [3.8, 4) is 0 Å². The fraction of sp³-hybridized carbons (Fsp3) is 0.667. The van der Waals surface area contributed by atoms with Crippen molar-refractivity contribution in [2.24, 2.45) is 16.7 Å². The van der Waals surface area contributed by atoms with Crippen LogP contribution in [0.2, 0.25) is 10.0 Å². The van der Waals surface area contributed by atoms with Crippen molar-refractivity contribution in [3.63, 3.8) is 0 Å². The average Bonchev–Trinajstić information content (AvgIpc) is 2.49. The highest BCUT2D eigenvalue weighted by molar-refractivity contribution is 7.89. The minimum absolute atomic E-state index is 0.00933. The van der Waals surface area contributed by atoms with Crippen LogP contribution in [0.25, 0.3) is 0 Å². The molecule has 0 unspecified atom stereocenters. The van der Waals surface area contributed by atoms with Gasteiger partial charge in [-0.05, 0) is 67.4 Å². The number of benzene rings is 1. The van der Waals surface area contributed by atoms with Crippen molar-refractivity contribution in [3.05, 3.63) is 27.7 Å². The van der Waals surface area contributed by atoms with Gasteiger partial charge in [0.15, 0.2) is 0 Å². The minimum atomic E-state index is -3.79. The Morgan fingerprint density at radius 1 is 1.03 bits per heavy atom. The Kier molecular flexibility index (Phi) is 4.86. The summed E-state index contributed by atoms with van der Waals surface area (Å²) in [5, 5.41) is 3.45. The zero-order valence-corrected chi connectivity index (χ0v) is 19.6. The van der Waals surface area contributed by atoms with Gasteiger partial charge in [0.1, 0.15) is 4.90 Å². The molecule has 4 saturated carbocycles. The van der Waals surface area contributed by atoms with Crippen LogP contribution in [0.5, 0.6) is 0 Å². The van der Waals surface area contributed by atoms with Crippen molar-refractivity contribution in [1.82, 2.24) is 9.62 Å². The van der Waals surface area contributed by atoms with Crippen LogP contribution in [0.3, 0.4) is 0 Å². The molecule has 0 heterocycles. The number of amides is 1. The van der Waals surface area contributed by atoms with E-state index in [1.165, 1.54) is 45.5 Å². The first kappa shape index (κ1) is 21.4. The Labute approximate surface area is 183 Å². The first-order valence-electron chi connectivity index (χ1n) is 10.0. The van der Waals surface area contributed by atoms with E-state index >= 15 is 0 Å². The van der Waals surface area contributed by atoms with Crippen molar-refractivity contribution in [2.75, 3.05) is 14.1 Å². The molecule has 1 aromatic rings. The molecule has 4 aliphatic carbocycles. The molecule has 4 fully saturated rings. The summed E-state index contributed by atoms with van der Waals surface area (Å²) in [7, 11) is -0.936. The second-order valence-electron chi connectivity index (χ2n) is 10.4. The molecule has 160 valence electrons. The van der Waals surface area contributed by atoms with Crippen molar-refractivity contribution >= 4 is 39.1 Å². The van der Waals surface area contributed by atoms with E-state index in [1.807, 2.05) is 0 Å². The van der Waals surface area contributed by atoms with Gasteiger partial charge in [-0.15, -0.1) is 0 Å². The van der Waals surface area contributed by atoms with Crippen LogP contribution >= 0.6 is 23.2 Å². The van der Waals surface area contributed by atoms with Crippen LogP contribution in [0, 0.1) is 16.7 Å². The van der Waals surface area contributed by atoms with Crippen molar-refractivity contribution < 1.29 is 13.2 Å². The molecule has 4 aliphatic rings. The Hall–Kier alpha value is -0.820. The predicted molar refractivity (Wildman–Crippen MR) is 115 cm³/mol. The van der Waals surface area contributed by atoms with Gasteiger partial charge < -0.3 is 5.32 Å². The molecule has 1 aromatic carbocycles. The zero-order chi connectivity index (χ0) is 21.4. The van der Waals surface area contributed by atoms with Gasteiger partial charge >= 0.3 is 0 Å². The summed E-state index contributed by atoms with van der Waals surface area (Å²) in [6.45, 7) is 4.68. The fourth-order valence-corrected chi connectivity index (χ4v) is 8.72. The summed E-state index contributed by atoms with van der Waals surface area (Å²) in [5.41, 5.74) is 0.418. The van der Waals surface area contributed by atoms with Crippen LogP contribution in [-0.2, 0) is 10.0 Å². The normalized spacial score (nSPS) is 35.9. The first-order valence-corrected chi connectivity index (χ1v) is 12.2. The lowest BCUT2D eigenvalue weighted by Gasteiger charge is -2.65. The largest absolute Gasteiger partial charge is 0.347 e. The number of hydrogen-bond acceptors (Lipinski definition) is 3. The maximum absolute atomic E-state index is 13.3. The van der Waals surface area contributed by atoms with Gasteiger partial charge in [-0.1, -0.05) is 37.0 Å². The van der Waals surface area contributed by atoms with Crippen LogP contribution in [0.15, 0.2) is 17.0 Å². The highest BCUT2D eigenvalue weighted by Crippen LogP contribution is 2.66. The van der Waals surface area contributed by atoms with E-state index in [-0.39, 0.29) is 42.8 Å². The van der Waals surface area contributed by atoms with Gasteiger partial charge in [-0.25, -0.2) is 12.7 Å². The Morgan fingerprint density at radius 3 is 2.14 bits per heavy atom. The molecule has 2 atom stereocenters. The summed E-state index contributed by atoms with van der Waals surface area (Å²) < 4.78 is 26.3. The molecule has 0 aromatic heterocycles. The van der Waals surface area contributed by atoms with Crippen LogP contribution in [-0.4, -0.2) is 38.3 Å². The summed E-state index contributed by atoms with van der Waals surface area (Å²) in [5.74, 6) is 0.308. The number of sulfonamides is 1. The van der Waals surface area contributed by atoms with Gasteiger partial charge in [-0.2, -0.15) is 0 Å². The zero-order valence-electron chi connectivity index (χ0n) is 17.3. The predicted octanol–water partition coefficient (Wildman–Crippen LogP) is 4.72. The molecule has 29 heavy (non-hydrogen) atoms. The summed E-state index contributed by atoms with van der Waals surface area (Å²) >= 11 is 12.5.